The van der Waals surface area contributed by atoms with Gasteiger partial charge in [0, 0.05) is 25.8 Å². The van der Waals surface area contributed by atoms with Crippen LogP contribution < -0.4 is 15.5 Å². The molecule has 0 radical (unpaired) electrons. The zero-order valence-corrected chi connectivity index (χ0v) is 12.5. The van der Waals surface area contributed by atoms with E-state index in [1.54, 1.807) is 6.20 Å². The molecule has 3 rings (SSSR count). The Morgan fingerprint density at radius 2 is 2.19 bits per heavy atom. The smallest absolute Gasteiger partial charge is 0.252 e. The van der Waals surface area contributed by atoms with Gasteiger partial charge in [-0.05, 0) is 56.8 Å². The Kier molecular flexibility index (Phi) is 4.70. The first-order valence-corrected chi connectivity index (χ1v) is 8.03. The highest BCUT2D eigenvalue weighted by Crippen LogP contribution is 2.17. The third-order valence-corrected chi connectivity index (χ3v) is 4.39. The van der Waals surface area contributed by atoms with Gasteiger partial charge < -0.3 is 15.5 Å². The van der Waals surface area contributed by atoms with Crippen LogP contribution in [0.2, 0.25) is 0 Å². The van der Waals surface area contributed by atoms with Crippen molar-refractivity contribution in [2.24, 2.45) is 5.92 Å². The Hall–Kier alpha value is -1.62. The second-order valence-electron chi connectivity index (χ2n) is 6.02. The van der Waals surface area contributed by atoms with Gasteiger partial charge in [0.2, 0.25) is 0 Å². The number of piperidine rings is 1. The normalized spacial score (nSPS) is 22.3. The maximum atomic E-state index is 12.1. The fraction of sp³-hybridized carbons (Fsp3) is 0.625. The quantitative estimate of drug-likeness (QED) is 0.879. The van der Waals surface area contributed by atoms with Crippen molar-refractivity contribution < 1.29 is 4.79 Å². The Labute approximate surface area is 126 Å². The number of rotatable bonds is 4. The molecule has 0 aliphatic carbocycles. The molecule has 1 aromatic heterocycles. The van der Waals surface area contributed by atoms with Crippen LogP contribution in [0.1, 0.15) is 36.0 Å². The summed E-state index contributed by atoms with van der Waals surface area (Å²) in [5.41, 5.74) is 0.654. The number of nitrogens with one attached hydrogen (secondary N) is 2. The first-order chi connectivity index (χ1) is 10.3. The van der Waals surface area contributed by atoms with Crippen molar-refractivity contribution in [2.75, 3.05) is 37.6 Å². The number of anilines is 1. The molecular weight excluding hydrogens is 264 g/mol. The Morgan fingerprint density at radius 3 is 2.86 bits per heavy atom. The van der Waals surface area contributed by atoms with Gasteiger partial charge in [0.05, 0.1) is 5.56 Å². The first-order valence-electron chi connectivity index (χ1n) is 8.03. The van der Waals surface area contributed by atoms with Crippen molar-refractivity contribution in [3.05, 3.63) is 23.9 Å². The second-order valence-corrected chi connectivity index (χ2v) is 6.02. The van der Waals surface area contributed by atoms with Gasteiger partial charge >= 0.3 is 0 Å². The van der Waals surface area contributed by atoms with Crippen LogP contribution in [-0.4, -0.2) is 43.6 Å². The van der Waals surface area contributed by atoms with Crippen molar-refractivity contribution in [1.82, 2.24) is 15.6 Å². The van der Waals surface area contributed by atoms with Gasteiger partial charge in [0.1, 0.15) is 5.82 Å². The average molecular weight is 288 g/mol. The molecule has 5 heteroatoms. The summed E-state index contributed by atoms with van der Waals surface area (Å²) in [5.74, 6) is 1.53. The highest BCUT2D eigenvalue weighted by Gasteiger charge is 2.16. The summed E-state index contributed by atoms with van der Waals surface area (Å²) in [5, 5.41) is 6.39. The average Bonchev–Trinajstić information content (AvgIpc) is 3.08. The number of aromatic nitrogens is 1. The summed E-state index contributed by atoms with van der Waals surface area (Å²) < 4.78 is 0. The number of carbonyl (C=O) groups excluding carboxylic acids is 1. The summed E-state index contributed by atoms with van der Waals surface area (Å²) in [7, 11) is 0. The Balaban J connectivity index is 1.52. The van der Waals surface area contributed by atoms with Crippen molar-refractivity contribution in [3.63, 3.8) is 0 Å². The topological polar surface area (TPSA) is 57.3 Å². The molecule has 21 heavy (non-hydrogen) atoms. The monoisotopic (exact) mass is 288 g/mol. The number of hydrogen-bond acceptors (Lipinski definition) is 4. The molecule has 2 fully saturated rings. The molecule has 114 valence electrons. The minimum atomic E-state index is -0.0129. The zero-order chi connectivity index (χ0) is 14.5. The molecule has 2 saturated heterocycles. The molecule has 1 amide bonds. The number of nitrogens with zero attached hydrogens (tertiary/aromatic N) is 2. The minimum Gasteiger partial charge on any atom is -0.357 e. The van der Waals surface area contributed by atoms with Gasteiger partial charge in [0.25, 0.3) is 5.91 Å². The van der Waals surface area contributed by atoms with E-state index in [0.717, 1.165) is 38.5 Å². The molecule has 3 heterocycles. The van der Waals surface area contributed by atoms with Crippen LogP contribution in [0.4, 0.5) is 5.82 Å². The summed E-state index contributed by atoms with van der Waals surface area (Å²) in [6, 6.07) is 3.84. The molecule has 0 bridgehead atoms. The van der Waals surface area contributed by atoms with Crippen LogP contribution in [0.3, 0.4) is 0 Å². The second kappa shape index (κ2) is 6.89. The lowest BCUT2D eigenvalue weighted by Gasteiger charge is -2.22. The molecule has 5 nitrogen and oxygen atoms in total. The van der Waals surface area contributed by atoms with E-state index < -0.39 is 0 Å². The lowest BCUT2D eigenvalue weighted by Crippen LogP contribution is -2.38. The summed E-state index contributed by atoms with van der Waals surface area (Å²) in [4.78, 5) is 18.8. The SMILES string of the molecule is O=C(NCC1CCCNC1)c1ccc(N2CCCC2)nc1. The van der Waals surface area contributed by atoms with Gasteiger partial charge in [-0.3, -0.25) is 4.79 Å². The van der Waals surface area contributed by atoms with E-state index >= 15 is 0 Å². The van der Waals surface area contributed by atoms with Crippen LogP contribution in [0, 0.1) is 5.92 Å². The molecule has 0 spiro atoms. The number of pyridine rings is 1. The Morgan fingerprint density at radius 1 is 1.33 bits per heavy atom. The lowest BCUT2D eigenvalue weighted by molar-refractivity contribution is 0.0944. The summed E-state index contributed by atoms with van der Waals surface area (Å²) in [6.45, 7) is 5.01. The van der Waals surface area contributed by atoms with E-state index in [0.29, 0.717) is 11.5 Å². The Bertz CT molecular complexity index is 462. The van der Waals surface area contributed by atoms with Crippen LogP contribution in [0.5, 0.6) is 0 Å². The fourth-order valence-corrected chi connectivity index (χ4v) is 3.09. The van der Waals surface area contributed by atoms with Crippen molar-refractivity contribution in [3.8, 4) is 0 Å². The molecule has 2 aliphatic rings. The zero-order valence-electron chi connectivity index (χ0n) is 12.5. The highest BCUT2D eigenvalue weighted by atomic mass is 16.1. The third-order valence-electron chi connectivity index (χ3n) is 4.39. The van der Waals surface area contributed by atoms with Gasteiger partial charge in [-0.25, -0.2) is 4.98 Å². The lowest BCUT2D eigenvalue weighted by atomic mass is 10.00. The van der Waals surface area contributed by atoms with Crippen LogP contribution in [-0.2, 0) is 0 Å². The van der Waals surface area contributed by atoms with E-state index in [2.05, 4.69) is 20.5 Å². The maximum absolute atomic E-state index is 12.1. The van der Waals surface area contributed by atoms with Crippen molar-refractivity contribution in [2.45, 2.75) is 25.7 Å². The first kappa shape index (κ1) is 14.3. The van der Waals surface area contributed by atoms with Gasteiger partial charge in [-0.1, -0.05) is 0 Å². The third kappa shape index (κ3) is 3.73. The van der Waals surface area contributed by atoms with Crippen LogP contribution >= 0.6 is 0 Å². The van der Waals surface area contributed by atoms with E-state index in [1.165, 1.54) is 25.7 Å². The molecule has 2 aliphatic heterocycles. The molecule has 2 N–H and O–H groups in total. The number of hydrogen-bond donors (Lipinski definition) is 2. The van der Waals surface area contributed by atoms with Gasteiger partial charge in [0.15, 0.2) is 0 Å². The van der Waals surface area contributed by atoms with Crippen molar-refractivity contribution >= 4 is 11.7 Å². The van der Waals surface area contributed by atoms with Crippen LogP contribution in [0.25, 0.3) is 0 Å². The number of carbonyl (C=O) groups is 1. The fourth-order valence-electron chi connectivity index (χ4n) is 3.09. The van der Waals surface area contributed by atoms with Gasteiger partial charge in [-0.15, -0.1) is 0 Å². The van der Waals surface area contributed by atoms with E-state index in [4.69, 9.17) is 0 Å². The predicted molar refractivity (Wildman–Crippen MR) is 83.6 cm³/mol. The standard InChI is InChI=1S/C16H24N4O/c21-16(19-11-13-4-3-7-17-10-13)14-5-6-15(18-12-14)20-8-1-2-9-20/h5-6,12-13,17H,1-4,7-11H2,(H,19,21). The minimum absolute atomic E-state index is 0.0129. The largest absolute Gasteiger partial charge is 0.357 e. The molecule has 0 aromatic carbocycles. The highest BCUT2D eigenvalue weighted by molar-refractivity contribution is 5.94. The predicted octanol–water partition coefficient (Wildman–Crippen LogP) is 1.41. The summed E-state index contributed by atoms with van der Waals surface area (Å²) in [6.07, 6.45) is 6.56. The number of amides is 1. The van der Waals surface area contributed by atoms with E-state index in [-0.39, 0.29) is 5.91 Å². The maximum Gasteiger partial charge on any atom is 0.252 e. The molecule has 0 saturated carbocycles. The molecule has 1 atom stereocenters. The van der Waals surface area contributed by atoms with E-state index in [1.807, 2.05) is 12.1 Å². The van der Waals surface area contributed by atoms with Gasteiger partial charge in [-0.2, -0.15) is 0 Å². The van der Waals surface area contributed by atoms with Crippen LogP contribution in [0.15, 0.2) is 18.3 Å². The van der Waals surface area contributed by atoms with E-state index in [9.17, 15) is 4.79 Å². The molecule has 1 unspecified atom stereocenters. The van der Waals surface area contributed by atoms with Crippen molar-refractivity contribution in [1.29, 1.82) is 0 Å². The molecular formula is C16H24N4O. The molecule has 1 aromatic rings. The summed E-state index contributed by atoms with van der Waals surface area (Å²) >= 11 is 0.